The number of fused-ring (bicyclic) bond motifs is 1. The first-order valence-corrected chi connectivity index (χ1v) is 9.15. The second-order valence-electron chi connectivity index (χ2n) is 6.26. The van der Waals surface area contributed by atoms with E-state index in [2.05, 4.69) is 5.32 Å². The first kappa shape index (κ1) is 19.8. The number of benzene rings is 2. The summed E-state index contributed by atoms with van der Waals surface area (Å²) in [6.07, 6.45) is 1.89. The Morgan fingerprint density at radius 2 is 1.89 bits per heavy atom. The van der Waals surface area contributed by atoms with Crippen molar-refractivity contribution in [1.29, 1.82) is 0 Å². The Labute approximate surface area is 168 Å². The summed E-state index contributed by atoms with van der Waals surface area (Å²) in [4.78, 5) is 24.3. The summed E-state index contributed by atoms with van der Waals surface area (Å²) >= 11 is 5.95. The highest BCUT2D eigenvalue weighted by atomic mass is 35.5. The molecule has 146 valence electrons. The van der Waals surface area contributed by atoms with Crippen LogP contribution in [0.1, 0.15) is 18.1 Å². The molecule has 0 radical (unpaired) electrons. The molecule has 2 aromatic carbocycles. The molecule has 0 fully saturated rings. The summed E-state index contributed by atoms with van der Waals surface area (Å²) in [7, 11) is 0. The van der Waals surface area contributed by atoms with Crippen LogP contribution in [0, 0.1) is 6.92 Å². The van der Waals surface area contributed by atoms with Gasteiger partial charge in [0.15, 0.2) is 17.6 Å². The van der Waals surface area contributed by atoms with Gasteiger partial charge in [-0.15, -0.1) is 0 Å². The smallest absolute Gasteiger partial charge is 0.331 e. The molecule has 0 aromatic heterocycles. The summed E-state index contributed by atoms with van der Waals surface area (Å²) < 4.78 is 16.1. The van der Waals surface area contributed by atoms with E-state index in [1.54, 1.807) is 42.5 Å². The van der Waals surface area contributed by atoms with Gasteiger partial charge < -0.3 is 19.5 Å². The van der Waals surface area contributed by atoms with Crippen molar-refractivity contribution >= 4 is 35.2 Å². The number of hydrogen-bond acceptors (Lipinski definition) is 5. The fourth-order valence-electron chi connectivity index (χ4n) is 2.56. The largest absolute Gasteiger partial charge is 0.486 e. The number of esters is 1. The Morgan fingerprint density at radius 1 is 1.14 bits per heavy atom. The summed E-state index contributed by atoms with van der Waals surface area (Å²) in [6.45, 7) is 4.35. The molecule has 1 atom stereocenters. The van der Waals surface area contributed by atoms with Crippen LogP contribution >= 0.6 is 11.6 Å². The van der Waals surface area contributed by atoms with Gasteiger partial charge in [-0.3, -0.25) is 4.79 Å². The summed E-state index contributed by atoms with van der Waals surface area (Å²) in [6, 6.07) is 10.5. The van der Waals surface area contributed by atoms with Gasteiger partial charge in [-0.1, -0.05) is 23.7 Å². The SMILES string of the molecule is Cc1ccc(Cl)cc1NC(=O)[C@@H](C)OC(=O)/C=C/c1ccc2c(c1)OCCO2. The molecule has 2 aromatic rings. The van der Waals surface area contributed by atoms with Crippen molar-refractivity contribution < 1.29 is 23.8 Å². The zero-order valence-corrected chi connectivity index (χ0v) is 16.3. The van der Waals surface area contributed by atoms with Gasteiger partial charge >= 0.3 is 5.97 Å². The van der Waals surface area contributed by atoms with Gasteiger partial charge in [0, 0.05) is 16.8 Å². The van der Waals surface area contributed by atoms with Crippen LogP contribution in [-0.2, 0) is 14.3 Å². The molecule has 7 heteroatoms. The molecule has 0 spiro atoms. The third-order valence-corrected chi connectivity index (χ3v) is 4.33. The van der Waals surface area contributed by atoms with Crippen molar-refractivity contribution in [2.75, 3.05) is 18.5 Å². The Hall–Kier alpha value is -2.99. The lowest BCUT2D eigenvalue weighted by Gasteiger charge is -2.18. The third-order valence-electron chi connectivity index (χ3n) is 4.10. The zero-order chi connectivity index (χ0) is 20.1. The minimum Gasteiger partial charge on any atom is -0.486 e. The molecule has 1 aliphatic rings. The summed E-state index contributed by atoms with van der Waals surface area (Å²) in [5.41, 5.74) is 2.19. The van der Waals surface area contributed by atoms with E-state index >= 15 is 0 Å². The van der Waals surface area contributed by atoms with Crippen LogP contribution in [0.4, 0.5) is 5.69 Å². The molecule has 0 aliphatic carbocycles. The monoisotopic (exact) mass is 401 g/mol. The topological polar surface area (TPSA) is 73.9 Å². The predicted octanol–water partition coefficient (Wildman–Crippen LogP) is 4.00. The number of rotatable bonds is 5. The molecule has 0 saturated carbocycles. The number of carbonyl (C=O) groups excluding carboxylic acids is 2. The fourth-order valence-corrected chi connectivity index (χ4v) is 2.73. The molecule has 1 aliphatic heterocycles. The van der Waals surface area contributed by atoms with Crippen molar-refractivity contribution in [1.82, 2.24) is 0 Å². The maximum Gasteiger partial charge on any atom is 0.331 e. The average Bonchev–Trinajstić information content (AvgIpc) is 2.69. The number of aryl methyl sites for hydroxylation is 1. The molecule has 0 bridgehead atoms. The first-order valence-electron chi connectivity index (χ1n) is 8.78. The number of hydrogen-bond donors (Lipinski definition) is 1. The van der Waals surface area contributed by atoms with Crippen molar-refractivity contribution in [3.05, 3.63) is 58.6 Å². The fraction of sp³-hybridized carbons (Fsp3) is 0.238. The minimum absolute atomic E-state index is 0.438. The van der Waals surface area contributed by atoms with E-state index in [-0.39, 0.29) is 0 Å². The van der Waals surface area contributed by atoms with Gasteiger partial charge in [0.25, 0.3) is 5.91 Å². The second kappa shape index (κ2) is 8.80. The zero-order valence-electron chi connectivity index (χ0n) is 15.5. The molecule has 0 unspecified atom stereocenters. The lowest BCUT2D eigenvalue weighted by atomic mass is 10.2. The Morgan fingerprint density at radius 3 is 2.68 bits per heavy atom. The standard InChI is InChI=1S/C21H20ClNO5/c1-13-3-6-16(22)12-17(13)23-21(25)14(2)28-20(24)8-5-15-4-7-18-19(11-15)27-10-9-26-18/h3-8,11-12,14H,9-10H2,1-2H3,(H,23,25)/b8-5+/t14-/m1/s1. The first-order chi connectivity index (χ1) is 13.4. The molecular formula is C21H20ClNO5. The molecular weight excluding hydrogens is 382 g/mol. The van der Waals surface area contributed by atoms with E-state index in [0.717, 1.165) is 11.1 Å². The van der Waals surface area contributed by atoms with Crippen LogP contribution in [0.5, 0.6) is 11.5 Å². The second-order valence-corrected chi connectivity index (χ2v) is 6.70. The maximum absolute atomic E-state index is 12.3. The van der Waals surface area contributed by atoms with Gasteiger partial charge in [-0.25, -0.2) is 4.79 Å². The van der Waals surface area contributed by atoms with Gasteiger partial charge in [0.05, 0.1) is 0 Å². The van der Waals surface area contributed by atoms with Crippen LogP contribution in [0.25, 0.3) is 6.08 Å². The van der Waals surface area contributed by atoms with E-state index in [0.29, 0.717) is 35.4 Å². The van der Waals surface area contributed by atoms with E-state index in [4.69, 9.17) is 25.8 Å². The number of nitrogens with one attached hydrogen (secondary N) is 1. The van der Waals surface area contributed by atoms with Crippen LogP contribution in [0.15, 0.2) is 42.5 Å². The highest BCUT2D eigenvalue weighted by Gasteiger charge is 2.18. The van der Waals surface area contributed by atoms with E-state index < -0.39 is 18.0 Å². The molecule has 28 heavy (non-hydrogen) atoms. The minimum atomic E-state index is -0.962. The van der Waals surface area contributed by atoms with E-state index in [1.807, 2.05) is 6.92 Å². The predicted molar refractivity (Wildman–Crippen MR) is 107 cm³/mol. The molecule has 1 N–H and O–H groups in total. The van der Waals surface area contributed by atoms with Gasteiger partial charge in [0.1, 0.15) is 13.2 Å². The molecule has 6 nitrogen and oxygen atoms in total. The highest BCUT2D eigenvalue weighted by Crippen LogP contribution is 2.31. The Bertz CT molecular complexity index is 925. The number of carbonyl (C=O) groups is 2. The number of amides is 1. The maximum atomic E-state index is 12.3. The molecule has 0 saturated heterocycles. The number of anilines is 1. The Kier molecular flexibility index (Phi) is 6.21. The Balaban J connectivity index is 1.57. The number of ether oxygens (including phenoxy) is 3. The number of halogens is 1. The van der Waals surface area contributed by atoms with E-state index in [1.165, 1.54) is 13.0 Å². The van der Waals surface area contributed by atoms with Crippen LogP contribution < -0.4 is 14.8 Å². The van der Waals surface area contributed by atoms with Crippen LogP contribution in [0.2, 0.25) is 5.02 Å². The van der Waals surface area contributed by atoms with Crippen LogP contribution in [0.3, 0.4) is 0 Å². The molecule has 1 amide bonds. The van der Waals surface area contributed by atoms with Gasteiger partial charge in [-0.05, 0) is 55.3 Å². The van der Waals surface area contributed by atoms with Crippen molar-refractivity contribution in [3.63, 3.8) is 0 Å². The molecule has 1 heterocycles. The molecule has 3 rings (SSSR count). The quantitative estimate of drug-likeness (QED) is 0.605. The normalized spacial score (nSPS) is 13.8. The van der Waals surface area contributed by atoms with Gasteiger partial charge in [-0.2, -0.15) is 0 Å². The highest BCUT2D eigenvalue weighted by molar-refractivity contribution is 6.31. The average molecular weight is 402 g/mol. The van der Waals surface area contributed by atoms with Crippen molar-refractivity contribution in [2.45, 2.75) is 20.0 Å². The summed E-state index contributed by atoms with van der Waals surface area (Å²) in [5, 5.41) is 3.22. The van der Waals surface area contributed by atoms with Crippen molar-refractivity contribution in [3.8, 4) is 11.5 Å². The lowest BCUT2D eigenvalue weighted by Crippen LogP contribution is -2.29. The third kappa shape index (κ3) is 5.04. The van der Waals surface area contributed by atoms with Crippen LogP contribution in [-0.4, -0.2) is 31.2 Å². The lowest BCUT2D eigenvalue weighted by molar-refractivity contribution is -0.148. The summed E-state index contributed by atoms with van der Waals surface area (Å²) in [5.74, 6) is 0.241. The van der Waals surface area contributed by atoms with Gasteiger partial charge in [0.2, 0.25) is 0 Å². The van der Waals surface area contributed by atoms with Crippen molar-refractivity contribution in [2.24, 2.45) is 0 Å². The van der Waals surface area contributed by atoms with E-state index in [9.17, 15) is 9.59 Å².